The summed E-state index contributed by atoms with van der Waals surface area (Å²) in [5.74, 6) is 0.918. The molecule has 0 radical (unpaired) electrons. The first-order valence-corrected chi connectivity index (χ1v) is 7.12. The van der Waals surface area contributed by atoms with E-state index in [-0.39, 0.29) is 0 Å². The minimum atomic E-state index is 0.654. The van der Waals surface area contributed by atoms with E-state index in [1.54, 1.807) is 0 Å². The van der Waals surface area contributed by atoms with Gasteiger partial charge in [-0.15, -0.1) is 0 Å². The van der Waals surface area contributed by atoms with Crippen molar-refractivity contribution in [1.29, 1.82) is 0 Å². The van der Waals surface area contributed by atoms with Crippen LogP contribution >= 0.6 is 0 Å². The number of hydrogen-bond acceptors (Lipinski definition) is 2. The summed E-state index contributed by atoms with van der Waals surface area (Å²) in [6.07, 6.45) is 0.898. The van der Waals surface area contributed by atoms with Crippen molar-refractivity contribution in [2.24, 2.45) is 0 Å². The van der Waals surface area contributed by atoms with Gasteiger partial charge in [-0.3, -0.25) is 4.79 Å². The molecule has 3 aromatic rings. The van der Waals surface area contributed by atoms with Gasteiger partial charge < -0.3 is 4.74 Å². The normalized spacial score (nSPS) is 11.5. The van der Waals surface area contributed by atoms with Crippen LogP contribution in [0, 0.1) is 0 Å². The number of hydrogen-bond donors (Lipinski definition) is 0. The first kappa shape index (κ1) is 12.2. The maximum absolute atomic E-state index is 11.0. The van der Waals surface area contributed by atoms with Crippen LogP contribution in [0.5, 0.6) is 5.75 Å². The van der Waals surface area contributed by atoms with Crippen LogP contribution < -0.4 is 4.74 Å². The standard InChI is InChI=1S/C19H14O2/c1-2-21-18-9-8-15-17-10-12(11-20)6-7-13(17)14-4-3-5-16(18)19(14)15/h3-11H,2H2,1H3. The average Bonchev–Trinajstić information content (AvgIpc) is 2.85. The van der Waals surface area contributed by atoms with Gasteiger partial charge in [0, 0.05) is 16.3 Å². The monoisotopic (exact) mass is 274 g/mol. The molecule has 0 heterocycles. The average molecular weight is 274 g/mol. The molecule has 1 aliphatic rings. The van der Waals surface area contributed by atoms with Crippen molar-refractivity contribution in [1.82, 2.24) is 0 Å². The molecule has 2 nitrogen and oxygen atoms in total. The first-order chi connectivity index (χ1) is 10.3. The quantitative estimate of drug-likeness (QED) is 0.506. The van der Waals surface area contributed by atoms with Crippen LogP contribution in [-0.2, 0) is 0 Å². The molecule has 102 valence electrons. The summed E-state index contributed by atoms with van der Waals surface area (Å²) in [4.78, 5) is 11.0. The summed E-state index contributed by atoms with van der Waals surface area (Å²) >= 11 is 0. The van der Waals surface area contributed by atoms with Crippen LogP contribution in [0.15, 0.2) is 48.5 Å². The van der Waals surface area contributed by atoms with Gasteiger partial charge in [0.1, 0.15) is 12.0 Å². The van der Waals surface area contributed by atoms with E-state index in [0.29, 0.717) is 12.2 Å². The van der Waals surface area contributed by atoms with Gasteiger partial charge in [-0.25, -0.2) is 0 Å². The van der Waals surface area contributed by atoms with Gasteiger partial charge in [-0.2, -0.15) is 0 Å². The van der Waals surface area contributed by atoms with Crippen molar-refractivity contribution in [3.05, 3.63) is 54.1 Å². The Labute approximate surface area is 123 Å². The number of fused-ring (bicyclic) bond motifs is 3. The third-order valence-corrected chi connectivity index (χ3v) is 4.06. The van der Waals surface area contributed by atoms with E-state index in [4.69, 9.17) is 4.74 Å². The fraction of sp³-hybridized carbons (Fsp3) is 0.105. The van der Waals surface area contributed by atoms with Crippen LogP contribution in [0.4, 0.5) is 0 Å². The molecule has 0 aliphatic heterocycles. The third-order valence-electron chi connectivity index (χ3n) is 4.06. The molecule has 0 saturated heterocycles. The number of aldehydes is 1. The van der Waals surface area contributed by atoms with Crippen LogP contribution in [0.2, 0.25) is 0 Å². The molecule has 0 amide bonds. The molecule has 0 bridgehead atoms. The Morgan fingerprint density at radius 3 is 2.57 bits per heavy atom. The van der Waals surface area contributed by atoms with E-state index in [1.165, 1.54) is 22.1 Å². The highest BCUT2D eigenvalue weighted by molar-refractivity contribution is 6.17. The van der Waals surface area contributed by atoms with Crippen LogP contribution in [0.1, 0.15) is 17.3 Å². The summed E-state index contributed by atoms with van der Waals surface area (Å²) in [5.41, 5.74) is 5.44. The second-order valence-corrected chi connectivity index (χ2v) is 5.20. The Bertz CT molecular complexity index is 878. The lowest BCUT2D eigenvalue weighted by Gasteiger charge is -2.09. The highest BCUT2D eigenvalue weighted by Crippen LogP contribution is 2.49. The van der Waals surface area contributed by atoms with Gasteiger partial charge >= 0.3 is 0 Å². The molecule has 0 aromatic heterocycles. The Balaban J connectivity index is 2.09. The second-order valence-electron chi connectivity index (χ2n) is 5.20. The summed E-state index contributed by atoms with van der Waals surface area (Å²) < 4.78 is 5.74. The lowest BCUT2D eigenvalue weighted by atomic mass is 10.0. The largest absolute Gasteiger partial charge is 0.493 e. The van der Waals surface area contributed by atoms with Gasteiger partial charge in [0.2, 0.25) is 0 Å². The van der Waals surface area contributed by atoms with E-state index in [0.717, 1.165) is 23.0 Å². The zero-order valence-electron chi connectivity index (χ0n) is 11.7. The smallest absolute Gasteiger partial charge is 0.150 e. The molecule has 4 rings (SSSR count). The summed E-state index contributed by atoms with van der Waals surface area (Å²) in [6, 6.07) is 16.3. The second kappa shape index (κ2) is 4.45. The molecule has 21 heavy (non-hydrogen) atoms. The topological polar surface area (TPSA) is 26.3 Å². The minimum Gasteiger partial charge on any atom is -0.493 e. The fourth-order valence-corrected chi connectivity index (χ4v) is 3.20. The zero-order chi connectivity index (χ0) is 14.4. The van der Waals surface area contributed by atoms with E-state index in [1.807, 2.05) is 31.2 Å². The predicted molar refractivity (Wildman–Crippen MR) is 84.9 cm³/mol. The maximum Gasteiger partial charge on any atom is 0.150 e. The number of benzene rings is 3. The van der Waals surface area contributed by atoms with E-state index in [2.05, 4.69) is 24.3 Å². The number of carbonyl (C=O) groups excluding carboxylic acids is 1. The Kier molecular flexibility index (Phi) is 2.58. The van der Waals surface area contributed by atoms with Crippen LogP contribution in [-0.4, -0.2) is 12.9 Å². The van der Waals surface area contributed by atoms with Gasteiger partial charge in [0.15, 0.2) is 0 Å². The van der Waals surface area contributed by atoms with Crippen molar-refractivity contribution < 1.29 is 9.53 Å². The molecule has 0 saturated carbocycles. The first-order valence-electron chi connectivity index (χ1n) is 7.12. The summed E-state index contributed by atoms with van der Waals surface area (Å²) in [5, 5.41) is 2.36. The molecule has 1 aliphatic carbocycles. The van der Waals surface area contributed by atoms with Crippen molar-refractivity contribution in [2.75, 3.05) is 6.61 Å². The van der Waals surface area contributed by atoms with E-state index in [9.17, 15) is 4.79 Å². The van der Waals surface area contributed by atoms with Gasteiger partial charge in [0.05, 0.1) is 6.61 Å². The molecule has 2 heteroatoms. The Morgan fingerprint density at radius 1 is 0.952 bits per heavy atom. The zero-order valence-corrected chi connectivity index (χ0v) is 11.7. The number of ether oxygens (including phenoxy) is 1. The summed E-state index contributed by atoms with van der Waals surface area (Å²) in [7, 11) is 0. The van der Waals surface area contributed by atoms with Crippen molar-refractivity contribution >= 4 is 17.1 Å². The fourth-order valence-electron chi connectivity index (χ4n) is 3.20. The van der Waals surface area contributed by atoms with Crippen molar-refractivity contribution in [3.63, 3.8) is 0 Å². The van der Waals surface area contributed by atoms with Crippen molar-refractivity contribution in [2.45, 2.75) is 6.92 Å². The molecule has 0 N–H and O–H groups in total. The highest BCUT2D eigenvalue weighted by atomic mass is 16.5. The van der Waals surface area contributed by atoms with Gasteiger partial charge in [0.25, 0.3) is 0 Å². The molecule has 0 unspecified atom stereocenters. The summed E-state index contributed by atoms with van der Waals surface area (Å²) in [6.45, 7) is 2.65. The SMILES string of the molecule is CCOc1ccc2c3c(cccc13)-c1ccc(C=O)cc1-2. The molecule has 0 atom stereocenters. The molecule has 0 spiro atoms. The van der Waals surface area contributed by atoms with Gasteiger partial charge in [-0.1, -0.05) is 36.4 Å². The highest BCUT2D eigenvalue weighted by Gasteiger charge is 2.22. The molecular weight excluding hydrogens is 260 g/mol. The van der Waals surface area contributed by atoms with Crippen molar-refractivity contribution in [3.8, 4) is 28.0 Å². The lowest BCUT2D eigenvalue weighted by Crippen LogP contribution is -1.92. The van der Waals surface area contributed by atoms with E-state index < -0.39 is 0 Å². The Hall–Kier alpha value is -2.61. The number of rotatable bonds is 3. The van der Waals surface area contributed by atoms with Crippen LogP contribution in [0.3, 0.4) is 0 Å². The maximum atomic E-state index is 11.0. The molecular formula is C19H14O2. The third kappa shape index (κ3) is 1.62. The molecule has 0 fully saturated rings. The number of carbonyl (C=O) groups is 1. The predicted octanol–water partition coefficient (Wildman–Crippen LogP) is 4.70. The Morgan fingerprint density at radius 2 is 1.76 bits per heavy atom. The molecule has 3 aromatic carbocycles. The van der Waals surface area contributed by atoms with E-state index >= 15 is 0 Å². The lowest BCUT2D eigenvalue weighted by molar-refractivity contribution is 0.112. The van der Waals surface area contributed by atoms with Gasteiger partial charge in [-0.05, 0) is 41.3 Å². The van der Waals surface area contributed by atoms with Crippen LogP contribution in [0.25, 0.3) is 33.0 Å². The minimum absolute atomic E-state index is 0.654.